The van der Waals surface area contributed by atoms with E-state index >= 15 is 0 Å². The van der Waals surface area contributed by atoms with Gasteiger partial charge in [-0.1, -0.05) is 6.07 Å². The van der Waals surface area contributed by atoms with Crippen LogP contribution in [0.5, 0.6) is 17.2 Å². The summed E-state index contributed by atoms with van der Waals surface area (Å²) in [5.74, 6) is 0.0870. The summed E-state index contributed by atoms with van der Waals surface area (Å²) >= 11 is 0. The van der Waals surface area contributed by atoms with Crippen molar-refractivity contribution in [1.29, 1.82) is 0 Å². The summed E-state index contributed by atoms with van der Waals surface area (Å²) in [5.41, 5.74) is 2.94. The van der Waals surface area contributed by atoms with Crippen LogP contribution in [0.15, 0.2) is 53.1 Å². The molecule has 2 aromatic heterocycles. The van der Waals surface area contributed by atoms with Crippen LogP contribution >= 0.6 is 0 Å². The van der Waals surface area contributed by atoms with E-state index in [-0.39, 0.29) is 60.7 Å². The zero-order chi connectivity index (χ0) is 24.5. The molecule has 11 heteroatoms. The zero-order valence-electron chi connectivity index (χ0n) is 19.0. The first-order valence-corrected chi connectivity index (χ1v) is 10.8. The molecule has 0 saturated heterocycles. The molecule has 0 aliphatic carbocycles. The van der Waals surface area contributed by atoms with Gasteiger partial charge in [0.1, 0.15) is 29.7 Å². The first kappa shape index (κ1) is 25.7. The molecule has 5 rings (SSSR count). The summed E-state index contributed by atoms with van der Waals surface area (Å²) in [4.78, 5) is 22.5. The van der Waals surface area contributed by atoms with Gasteiger partial charge in [-0.15, -0.1) is 0 Å². The fourth-order valence-electron chi connectivity index (χ4n) is 4.13. The molecule has 0 amide bonds. The molecule has 0 saturated carbocycles. The van der Waals surface area contributed by atoms with E-state index < -0.39 is 17.8 Å². The zero-order valence-corrected chi connectivity index (χ0v) is 19.0. The molecule has 0 unspecified atom stereocenters. The van der Waals surface area contributed by atoms with Gasteiger partial charge in [0.15, 0.2) is 17.1 Å². The van der Waals surface area contributed by atoms with Crippen LogP contribution in [0.1, 0.15) is 16.8 Å². The number of rotatable bonds is 7. The van der Waals surface area contributed by atoms with Gasteiger partial charge in [0.05, 0.1) is 26.1 Å². The van der Waals surface area contributed by atoms with Crippen LogP contribution in [-0.2, 0) is 24.4 Å². The fourth-order valence-corrected chi connectivity index (χ4v) is 4.13. The number of hydrogen-bond acceptors (Lipinski definition) is 8. The molecule has 182 valence electrons. The third-order valence-electron chi connectivity index (χ3n) is 5.92. The van der Waals surface area contributed by atoms with Crippen LogP contribution in [0.25, 0.3) is 11.1 Å². The second-order valence-electron chi connectivity index (χ2n) is 8.01. The molecule has 1 N–H and O–H groups in total. The predicted octanol–water partition coefficient (Wildman–Crippen LogP) is 3.33. The summed E-state index contributed by atoms with van der Waals surface area (Å²) in [6.45, 7) is 0.373. The summed E-state index contributed by atoms with van der Waals surface area (Å²) in [6, 6.07) is 10.3. The Morgan fingerprint density at radius 2 is 2.03 bits per heavy atom. The standard InChI is InChI=1S/C25H22FN3O6.Na.H/c1-32-17-6-5-16(27-11-17)13-34-23-18-10-20(24(30)31)29(12-14(18)3-8-21(23)33-2)25-28-19-7-4-15(26)9-22(19)35-25;;/h3-9,11,20H,10,12-13H2,1-2H3,(H,30,31);;/t20-;;/m0../s1. The monoisotopic (exact) mass is 503 g/mol. The van der Waals surface area contributed by atoms with Crippen molar-refractivity contribution in [3.05, 3.63) is 71.3 Å². The summed E-state index contributed by atoms with van der Waals surface area (Å²) in [7, 11) is 3.09. The number of nitrogens with zero attached hydrogens (tertiary/aromatic N) is 3. The number of fused-ring (bicyclic) bond motifs is 2. The van der Waals surface area contributed by atoms with Gasteiger partial charge >= 0.3 is 35.5 Å². The molecule has 0 bridgehead atoms. The van der Waals surface area contributed by atoms with Crippen molar-refractivity contribution in [3.63, 3.8) is 0 Å². The molecule has 1 atom stereocenters. The molecule has 4 aromatic rings. The first-order valence-electron chi connectivity index (χ1n) is 10.8. The number of halogens is 1. The van der Waals surface area contributed by atoms with Crippen molar-refractivity contribution >= 4 is 52.6 Å². The van der Waals surface area contributed by atoms with E-state index in [1.807, 2.05) is 6.07 Å². The second-order valence-corrected chi connectivity index (χ2v) is 8.01. The molecular weight excluding hydrogens is 480 g/mol. The van der Waals surface area contributed by atoms with Gasteiger partial charge in [-0.3, -0.25) is 4.98 Å². The van der Waals surface area contributed by atoms with Crippen molar-refractivity contribution in [3.8, 4) is 17.2 Å². The van der Waals surface area contributed by atoms with Gasteiger partial charge in [-0.05, 0) is 35.9 Å². The Balaban J connectivity index is 0.00000304. The van der Waals surface area contributed by atoms with Gasteiger partial charge in [0.25, 0.3) is 6.01 Å². The maximum absolute atomic E-state index is 13.6. The first-order chi connectivity index (χ1) is 17.0. The number of pyridine rings is 1. The van der Waals surface area contributed by atoms with E-state index in [9.17, 15) is 14.3 Å². The van der Waals surface area contributed by atoms with Crippen molar-refractivity contribution in [2.45, 2.75) is 25.6 Å². The number of hydrogen-bond donors (Lipinski definition) is 1. The van der Waals surface area contributed by atoms with Crippen LogP contribution in [-0.4, -0.2) is 70.9 Å². The summed E-state index contributed by atoms with van der Waals surface area (Å²) < 4.78 is 36.1. The molecule has 3 heterocycles. The number of methoxy groups -OCH3 is 2. The second kappa shape index (κ2) is 10.7. The number of carboxylic acids is 1. The molecule has 0 radical (unpaired) electrons. The molecule has 0 spiro atoms. The van der Waals surface area contributed by atoms with Gasteiger partial charge in [0, 0.05) is 24.6 Å². The number of aromatic nitrogens is 2. The van der Waals surface area contributed by atoms with Crippen molar-refractivity contribution in [2.75, 3.05) is 19.1 Å². The quantitative estimate of drug-likeness (QED) is 0.380. The van der Waals surface area contributed by atoms with Gasteiger partial charge in [-0.2, -0.15) is 4.98 Å². The third-order valence-corrected chi connectivity index (χ3v) is 5.92. The number of ether oxygens (including phenoxy) is 3. The Bertz CT molecular complexity index is 1390. The molecule has 1 aliphatic heterocycles. The number of benzene rings is 2. The molecule has 1 aliphatic rings. The Morgan fingerprint density at radius 1 is 1.19 bits per heavy atom. The van der Waals surface area contributed by atoms with E-state index in [0.717, 1.165) is 11.1 Å². The van der Waals surface area contributed by atoms with E-state index in [1.165, 1.54) is 25.3 Å². The van der Waals surface area contributed by atoms with Crippen LogP contribution in [0, 0.1) is 5.82 Å². The SMILES string of the molecule is COc1ccc(COc2c(OC)ccc3c2C[C@@H](C(=O)O)N(c2nc4ccc(F)cc4o2)C3)nc1.[NaH]. The number of oxazole rings is 1. The van der Waals surface area contributed by atoms with Gasteiger partial charge in [0.2, 0.25) is 0 Å². The number of anilines is 1. The van der Waals surface area contributed by atoms with E-state index in [2.05, 4.69) is 9.97 Å². The molecule has 36 heavy (non-hydrogen) atoms. The Morgan fingerprint density at radius 3 is 2.72 bits per heavy atom. The van der Waals surface area contributed by atoms with Crippen molar-refractivity contribution in [1.82, 2.24) is 9.97 Å². The van der Waals surface area contributed by atoms with Crippen molar-refractivity contribution < 1.29 is 32.9 Å². The summed E-state index contributed by atoms with van der Waals surface area (Å²) in [6.07, 6.45) is 1.72. The molecule has 0 fully saturated rings. The van der Waals surface area contributed by atoms with Crippen LogP contribution in [0.3, 0.4) is 0 Å². The number of carboxylic acid groups (broad SMARTS) is 1. The minimum atomic E-state index is -1.05. The Labute approximate surface area is 228 Å². The van der Waals surface area contributed by atoms with E-state index in [4.69, 9.17) is 18.6 Å². The van der Waals surface area contributed by atoms with Gasteiger partial charge in [-0.25, -0.2) is 9.18 Å². The molecule has 2 aromatic carbocycles. The summed E-state index contributed by atoms with van der Waals surface area (Å²) in [5, 5.41) is 10.0. The normalized spacial score (nSPS) is 14.6. The predicted molar refractivity (Wildman–Crippen MR) is 131 cm³/mol. The average Bonchev–Trinajstić information content (AvgIpc) is 3.29. The maximum atomic E-state index is 13.6. The fraction of sp³-hybridized carbons (Fsp3) is 0.240. The number of aliphatic carboxylic acids is 1. The van der Waals surface area contributed by atoms with Gasteiger partial charge < -0.3 is 28.6 Å². The van der Waals surface area contributed by atoms with E-state index in [0.29, 0.717) is 28.5 Å². The van der Waals surface area contributed by atoms with Crippen LogP contribution < -0.4 is 19.1 Å². The van der Waals surface area contributed by atoms with Crippen LogP contribution in [0.2, 0.25) is 0 Å². The minimum absolute atomic E-state index is 0. The Hall–Kier alpha value is -3.34. The third kappa shape index (κ3) is 4.97. The number of carbonyl (C=O) groups is 1. The Kier molecular flexibility index (Phi) is 7.67. The molecular formula is C25H23FN3NaO6. The van der Waals surface area contributed by atoms with E-state index in [1.54, 1.807) is 36.4 Å². The van der Waals surface area contributed by atoms with Crippen molar-refractivity contribution in [2.24, 2.45) is 0 Å². The average molecular weight is 503 g/mol. The topological polar surface area (TPSA) is 107 Å². The molecule has 9 nitrogen and oxygen atoms in total. The van der Waals surface area contributed by atoms with Crippen LogP contribution in [0.4, 0.5) is 10.4 Å².